The predicted octanol–water partition coefficient (Wildman–Crippen LogP) is 6.34. The van der Waals surface area contributed by atoms with Gasteiger partial charge in [-0.3, -0.25) is 0 Å². The van der Waals surface area contributed by atoms with Crippen molar-refractivity contribution < 1.29 is 13.5 Å². The third-order valence-electron chi connectivity index (χ3n) is 5.03. The van der Waals surface area contributed by atoms with Gasteiger partial charge in [0.25, 0.3) is 0 Å². The van der Waals surface area contributed by atoms with Gasteiger partial charge in [-0.2, -0.15) is 9.65 Å². The average molecular weight is 491 g/mol. The van der Waals surface area contributed by atoms with Gasteiger partial charge in [0, 0.05) is 24.7 Å². The van der Waals surface area contributed by atoms with Crippen LogP contribution in [0.25, 0.3) is 11.3 Å². The van der Waals surface area contributed by atoms with Crippen LogP contribution in [0.3, 0.4) is 0 Å². The van der Waals surface area contributed by atoms with E-state index in [1.165, 1.54) is 30.3 Å². The summed E-state index contributed by atoms with van der Waals surface area (Å²) in [6, 6.07) is 17.0. The first-order valence-electron chi connectivity index (χ1n) is 10.5. The summed E-state index contributed by atoms with van der Waals surface area (Å²) in [5.74, 6) is -2.04. The van der Waals surface area contributed by atoms with Gasteiger partial charge in [-0.05, 0) is 66.9 Å². The minimum Gasteiger partial charge on any atom is -0.435 e. The second kappa shape index (κ2) is 10.8. The normalized spacial score (nSPS) is 11.4. The summed E-state index contributed by atoms with van der Waals surface area (Å²) in [6.45, 7) is 1.92. The molecular formula is C25H20F2N6OS. The van der Waals surface area contributed by atoms with Crippen LogP contribution in [-0.2, 0) is 0 Å². The van der Waals surface area contributed by atoms with Crippen LogP contribution in [0, 0.1) is 23.0 Å². The molecule has 176 valence electrons. The van der Waals surface area contributed by atoms with Crippen LogP contribution >= 0.6 is 11.9 Å². The van der Waals surface area contributed by atoms with Crippen LogP contribution in [0.1, 0.15) is 23.3 Å². The molecule has 0 saturated carbocycles. The highest BCUT2D eigenvalue weighted by molar-refractivity contribution is 8.00. The monoisotopic (exact) mass is 490 g/mol. The molecule has 0 saturated heterocycles. The fourth-order valence-corrected chi connectivity index (χ4v) is 3.89. The number of nitrogens with one attached hydrogen (secondary N) is 2. The maximum absolute atomic E-state index is 14.9. The van der Waals surface area contributed by atoms with Crippen LogP contribution in [0.15, 0.2) is 67.0 Å². The number of hydrogen-bond acceptors (Lipinski definition) is 8. The summed E-state index contributed by atoms with van der Waals surface area (Å²) in [6.07, 6.45) is 3.06. The Labute approximate surface area is 205 Å². The van der Waals surface area contributed by atoms with Crippen LogP contribution in [0.4, 0.5) is 20.4 Å². The highest BCUT2D eigenvalue weighted by Gasteiger charge is 2.19. The molecule has 2 N–H and O–H groups in total. The van der Waals surface area contributed by atoms with E-state index in [9.17, 15) is 8.78 Å². The second-order valence-corrected chi connectivity index (χ2v) is 8.46. The topological polar surface area (TPSA) is 95.8 Å². The number of aromatic nitrogens is 3. The zero-order valence-electron chi connectivity index (χ0n) is 18.8. The molecule has 7 nitrogen and oxygen atoms in total. The van der Waals surface area contributed by atoms with Crippen molar-refractivity contribution in [2.75, 3.05) is 17.1 Å². The van der Waals surface area contributed by atoms with Crippen molar-refractivity contribution in [3.8, 4) is 29.0 Å². The Bertz CT molecular complexity index is 1380. The summed E-state index contributed by atoms with van der Waals surface area (Å²) in [5.41, 5.74) is 2.49. The molecule has 2 aromatic carbocycles. The highest BCUT2D eigenvalue weighted by Crippen LogP contribution is 2.36. The van der Waals surface area contributed by atoms with Crippen molar-refractivity contribution >= 4 is 23.6 Å². The Balaban J connectivity index is 1.51. The number of hydrogen-bond donors (Lipinski definition) is 2. The first-order chi connectivity index (χ1) is 17.0. The summed E-state index contributed by atoms with van der Waals surface area (Å²) < 4.78 is 38.2. The van der Waals surface area contributed by atoms with E-state index in [1.807, 2.05) is 19.1 Å². The van der Waals surface area contributed by atoms with Crippen molar-refractivity contribution in [2.45, 2.75) is 12.2 Å². The number of pyridine rings is 1. The zero-order valence-corrected chi connectivity index (χ0v) is 19.6. The molecule has 35 heavy (non-hydrogen) atoms. The lowest BCUT2D eigenvalue weighted by atomic mass is 10.1. The largest absolute Gasteiger partial charge is 0.435 e. The fourth-order valence-electron chi connectivity index (χ4n) is 3.14. The van der Waals surface area contributed by atoms with E-state index >= 15 is 0 Å². The first kappa shape index (κ1) is 23.9. The Morgan fingerprint density at radius 1 is 1.00 bits per heavy atom. The van der Waals surface area contributed by atoms with E-state index in [4.69, 9.17) is 10.00 Å². The Hall–Kier alpha value is -4.23. The maximum Gasteiger partial charge on any atom is 0.228 e. The third kappa shape index (κ3) is 5.47. The summed E-state index contributed by atoms with van der Waals surface area (Å²) in [5, 5.41) is 11.7. The molecule has 4 aromatic rings. The van der Waals surface area contributed by atoms with Crippen LogP contribution in [0.2, 0.25) is 0 Å². The molecule has 4 rings (SSSR count). The average Bonchev–Trinajstić information content (AvgIpc) is 2.91. The van der Waals surface area contributed by atoms with Gasteiger partial charge in [0.1, 0.15) is 0 Å². The van der Waals surface area contributed by atoms with E-state index in [1.54, 1.807) is 43.6 Å². The summed E-state index contributed by atoms with van der Waals surface area (Å²) >= 11 is 1.22. The number of anilines is 2. The molecule has 0 aliphatic carbocycles. The standard InChI is InChI=1S/C25H20F2N6OS/c1-15(17-7-5-16(14-28)6-8-17)35-33-20-9-10-21(23(27)22(20)26)34-24-18(4-3-12-30-24)19-11-13-31-25(29-2)32-19/h3-13,15,33H,1-2H3,(H,29,31,32). The molecule has 0 aliphatic heterocycles. The van der Waals surface area contributed by atoms with Gasteiger partial charge in [0.15, 0.2) is 11.6 Å². The predicted molar refractivity (Wildman–Crippen MR) is 132 cm³/mol. The van der Waals surface area contributed by atoms with E-state index in [0.717, 1.165) is 5.56 Å². The molecule has 10 heteroatoms. The van der Waals surface area contributed by atoms with E-state index in [2.05, 4.69) is 31.1 Å². The maximum atomic E-state index is 14.9. The lowest BCUT2D eigenvalue weighted by Crippen LogP contribution is -2.01. The Morgan fingerprint density at radius 2 is 1.80 bits per heavy atom. The summed E-state index contributed by atoms with van der Waals surface area (Å²) in [7, 11) is 1.69. The quantitative estimate of drug-likeness (QED) is 0.276. The van der Waals surface area contributed by atoms with Crippen molar-refractivity contribution in [3.63, 3.8) is 0 Å². The first-order valence-corrected chi connectivity index (χ1v) is 11.4. The fraction of sp³-hybridized carbons (Fsp3) is 0.120. The van der Waals surface area contributed by atoms with Crippen molar-refractivity contribution in [3.05, 3.63) is 89.8 Å². The minimum absolute atomic E-state index is 0.0175. The molecule has 1 unspecified atom stereocenters. The Kier molecular flexibility index (Phi) is 7.38. The van der Waals surface area contributed by atoms with Crippen molar-refractivity contribution in [2.24, 2.45) is 0 Å². The molecule has 2 aromatic heterocycles. The van der Waals surface area contributed by atoms with Crippen molar-refractivity contribution in [1.29, 1.82) is 5.26 Å². The van der Waals surface area contributed by atoms with Gasteiger partial charge in [-0.15, -0.1) is 0 Å². The number of nitrogens with zero attached hydrogens (tertiary/aromatic N) is 4. The third-order valence-corrected chi connectivity index (χ3v) is 6.00. The molecule has 0 spiro atoms. The molecule has 2 heterocycles. The van der Waals surface area contributed by atoms with Crippen LogP contribution in [0.5, 0.6) is 11.6 Å². The molecule has 0 aliphatic rings. The van der Waals surface area contributed by atoms with Gasteiger partial charge >= 0.3 is 0 Å². The van der Waals surface area contributed by atoms with Gasteiger partial charge < -0.3 is 14.8 Å². The minimum atomic E-state index is -1.14. The summed E-state index contributed by atoms with van der Waals surface area (Å²) in [4.78, 5) is 12.6. The number of rotatable bonds is 8. The number of benzene rings is 2. The van der Waals surface area contributed by atoms with Gasteiger partial charge in [-0.1, -0.05) is 12.1 Å². The Morgan fingerprint density at radius 3 is 2.54 bits per heavy atom. The van der Waals surface area contributed by atoms with Gasteiger partial charge in [0.2, 0.25) is 17.6 Å². The van der Waals surface area contributed by atoms with Crippen LogP contribution < -0.4 is 14.8 Å². The smallest absolute Gasteiger partial charge is 0.228 e. The highest BCUT2D eigenvalue weighted by atomic mass is 32.2. The molecule has 0 fully saturated rings. The zero-order chi connectivity index (χ0) is 24.8. The molecular weight excluding hydrogens is 470 g/mol. The van der Waals surface area contributed by atoms with Gasteiger partial charge in [-0.25, -0.2) is 19.3 Å². The molecule has 0 radical (unpaired) electrons. The number of ether oxygens (including phenoxy) is 1. The van der Waals surface area contributed by atoms with E-state index < -0.39 is 11.6 Å². The SMILES string of the molecule is CNc1nccc(-c2cccnc2Oc2ccc(NSC(C)c3ccc(C#N)cc3)c(F)c2F)n1. The van der Waals surface area contributed by atoms with Crippen LogP contribution in [-0.4, -0.2) is 22.0 Å². The lowest BCUT2D eigenvalue weighted by molar-refractivity contribution is 0.408. The molecule has 0 amide bonds. The van der Waals surface area contributed by atoms with E-state index in [0.29, 0.717) is 22.8 Å². The number of nitriles is 1. The van der Waals surface area contributed by atoms with Gasteiger partial charge in [0.05, 0.1) is 28.6 Å². The second-order valence-electron chi connectivity index (χ2n) is 7.31. The van der Waals surface area contributed by atoms with Crippen molar-refractivity contribution in [1.82, 2.24) is 15.0 Å². The van der Waals surface area contributed by atoms with E-state index in [-0.39, 0.29) is 22.6 Å². The molecule has 1 atom stereocenters. The number of halogens is 2. The molecule has 0 bridgehead atoms. The lowest BCUT2D eigenvalue weighted by Gasteiger charge is -2.15.